The molecular weight excluding hydrogens is 307 g/mol. The number of aromatic amines is 1. The minimum atomic E-state index is -0.376. The summed E-state index contributed by atoms with van der Waals surface area (Å²) in [5.41, 5.74) is 4.54. The molecule has 0 radical (unpaired) electrons. The number of ether oxygens (including phenoxy) is 1. The molecule has 0 saturated heterocycles. The summed E-state index contributed by atoms with van der Waals surface area (Å²) >= 11 is 0. The lowest BCUT2D eigenvalue weighted by molar-refractivity contribution is 0.386. The fourth-order valence-electron chi connectivity index (χ4n) is 3.01. The van der Waals surface area contributed by atoms with Gasteiger partial charge in [0.1, 0.15) is 0 Å². The minimum Gasteiger partial charge on any atom is -0.494 e. The Bertz CT molecular complexity index is 1050. The quantitative estimate of drug-likeness (QED) is 0.615. The van der Waals surface area contributed by atoms with Crippen molar-refractivity contribution >= 4 is 22.1 Å². The summed E-state index contributed by atoms with van der Waals surface area (Å²) in [5.74, 6) is 0.132. The van der Waals surface area contributed by atoms with E-state index in [9.17, 15) is 4.39 Å². The molecule has 4 rings (SSSR count). The van der Waals surface area contributed by atoms with Gasteiger partial charge in [-0.2, -0.15) is 5.10 Å². The first-order valence-electron chi connectivity index (χ1n) is 7.78. The fourth-order valence-corrected chi connectivity index (χ4v) is 3.01. The summed E-state index contributed by atoms with van der Waals surface area (Å²) in [6.07, 6.45) is 1.75. The molecule has 1 N–H and O–H groups in total. The lowest BCUT2D eigenvalue weighted by Gasteiger charge is -2.14. The first kappa shape index (κ1) is 14.7. The van der Waals surface area contributed by atoms with Gasteiger partial charge in [-0.05, 0) is 30.2 Å². The molecule has 0 spiro atoms. The number of nitrogens with one attached hydrogen (secondary N) is 1. The zero-order valence-electron chi connectivity index (χ0n) is 13.7. The Hall–Kier alpha value is -2.89. The van der Waals surface area contributed by atoms with E-state index in [1.54, 1.807) is 18.3 Å². The van der Waals surface area contributed by atoms with Gasteiger partial charge in [-0.15, -0.1) is 0 Å². The Morgan fingerprint density at radius 2 is 2.04 bits per heavy atom. The number of hydrogen-bond donors (Lipinski definition) is 1. The van der Waals surface area contributed by atoms with Crippen molar-refractivity contribution in [2.45, 2.75) is 19.8 Å². The smallest absolute Gasteiger partial charge is 0.165 e. The molecule has 1 aromatic carbocycles. The molecule has 3 aromatic heterocycles. The van der Waals surface area contributed by atoms with Crippen molar-refractivity contribution in [1.29, 1.82) is 0 Å². The molecule has 0 atom stereocenters. The second-order valence-electron chi connectivity index (χ2n) is 6.08. The van der Waals surface area contributed by atoms with Crippen molar-refractivity contribution in [1.82, 2.24) is 19.7 Å². The van der Waals surface area contributed by atoms with E-state index in [4.69, 9.17) is 4.74 Å². The van der Waals surface area contributed by atoms with E-state index < -0.39 is 0 Å². The second-order valence-corrected chi connectivity index (χ2v) is 6.08. The standard InChI is InChI=1S/C18H17FN4O/c1-10(2)15-8-14-16(6-11-9-20-22-18(11)21-14)23(15)12-4-5-13(19)17(7-12)24-3/h4-10H,1-3H3,(H,20,21,22). The maximum Gasteiger partial charge on any atom is 0.165 e. The summed E-state index contributed by atoms with van der Waals surface area (Å²) in [6.45, 7) is 4.25. The van der Waals surface area contributed by atoms with Gasteiger partial charge in [0.2, 0.25) is 0 Å². The Morgan fingerprint density at radius 1 is 1.21 bits per heavy atom. The monoisotopic (exact) mass is 324 g/mol. The molecule has 6 heteroatoms. The van der Waals surface area contributed by atoms with Crippen molar-refractivity contribution in [3.8, 4) is 11.4 Å². The number of pyridine rings is 1. The number of benzene rings is 1. The van der Waals surface area contributed by atoms with E-state index in [2.05, 4.69) is 39.7 Å². The van der Waals surface area contributed by atoms with Gasteiger partial charge >= 0.3 is 0 Å². The Balaban J connectivity index is 2.06. The highest BCUT2D eigenvalue weighted by Gasteiger charge is 2.17. The molecule has 3 heterocycles. The largest absolute Gasteiger partial charge is 0.494 e. The Labute approximate surface area is 138 Å². The number of fused-ring (bicyclic) bond motifs is 2. The number of hydrogen-bond acceptors (Lipinski definition) is 3. The van der Waals surface area contributed by atoms with Crippen LogP contribution in [0.2, 0.25) is 0 Å². The summed E-state index contributed by atoms with van der Waals surface area (Å²) < 4.78 is 21.0. The average Bonchev–Trinajstić information content (AvgIpc) is 3.16. The lowest BCUT2D eigenvalue weighted by atomic mass is 10.1. The molecule has 0 bridgehead atoms. The van der Waals surface area contributed by atoms with E-state index in [1.165, 1.54) is 13.2 Å². The van der Waals surface area contributed by atoms with Gasteiger partial charge in [0.15, 0.2) is 17.2 Å². The maximum atomic E-state index is 13.8. The number of methoxy groups -OCH3 is 1. The molecule has 0 amide bonds. The Kier molecular flexibility index (Phi) is 3.26. The van der Waals surface area contributed by atoms with Crippen LogP contribution < -0.4 is 4.74 Å². The topological polar surface area (TPSA) is 55.7 Å². The molecule has 0 saturated carbocycles. The van der Waals surface area contributed by atoms with E-state index in [0.717, 1.165) is 33.4 Å². The number of rotatable bonds is 3. The minimum absolute atomic E-state index is 0.224. The van der Waals surface area contributed by atoms with Crippen molar-refractivity contribution in [2.24, 2.45) is 0 Å². The third-order valence-electron chi connectivity index (χ3n) is 4.20. The van der Waals surface area contributed by atoms with Gasteiger partial charge < -0.3 is 9.30 Å². The van der Waals surface area contributed by atoms with Crippen LogP contribution in [0.25, 0.3) is 27.8 Å². The van der Waals surface area contributed by atoms with Gasteiger partial charge in [0.25, 0.3) is 0 Å². The van der Waals surface area contributed by atoms with E-state index in [0.29, 0.717) is 0 Å². The van der Waals surface area contributed by atoms with Crippen molar-refractivity contribution in [3.63, 3.8) is 0 Å². The zero-order valence-corrected chi connectivity index (χ0v) is 13.7. The average molecular weight is 324 g/mol. The van der Waals surface area contributed by atoms with Crippen LogP contribution in [0.1, 0.15) is 25.5 Å². The van der Waals surface area contributed by atoms with Crippen molar-refractivity contribution < 1.29 is 9.13 Å². The summed E-state index contributed by atoms with van der Waals surface area (Å²) in [6, 6.07) is 9.00. The number of nitrogens with zero attached hydrogens (tertiary/aromatic N) is 3. The molecule has 0 aliphatic rings. The zero-order chi connectivity index (χ0) is 16.8. The number of halogens is 1. The van der Waals surface area contributed by atoms with Crippen LogP contribution in [-0.2, 0) is 0 Å². The molecule has 0 unspecified atom stereocenters. The fraction of sp³-hybridized carbons (Fsp3) is 0.222. The van der Waals surface area contributed by atoms with Crippen LogP contribution in [0, 0.1) is 5.82 Å². The van der Waals surface area contributed by atoms with Crippen molar-refractivity contribution in [2.75, 3.05) is 7.11 Å². The van der Waals surface area contributed by atoms with Crippen molar-refractivity contribution in [3.05, 3.63) is 48.0 Å². The maximum absolute atomic E-state index is 13.8. The summed E-state index contributed by atoms with van der Waals surface area (Å²) in [4.78, 5) is 4.64. The van der Waals surface area contributed by atoms with Crippen LogP contribution in [0.15, 0.2) is 36.5 Å². The normalized spacial score (nSPS) is 11.7. The molecule has 0 aliphatic heterocycles. The first-order valence-corrected chi connectivity index (χ1v) is 7.78. The predicted octanol–water partition coefficient (Wildman–Crippen LogP) is 4.17. The van der Waals surface area contributed by atoms with Gasteiger partial charge in [0.05, 0.1) is 24.3 Å². The van der Waals surface area contributed by atoms with Gasteiger partial charge in [0, 0.05) is 22.8 Å². The van der Waals surface area contributed by atoms with Crippen LogP contribution in [0.3, 0.4) is 0 Å². The molecule has 24 heavy (non-hydrogen) atoms. The molecule has 4 aromatic rings. The third kappa shape index (κ3) is 2.14. The number of H-pyrrole nitrogens is 1. The third-order valence-corrected chi connectivity index (χ3v) is 4.20. The molecular formula is C18H17FN4O. The highest BCUT2D eigenvalue weighted by molar-refractivity contribution is 5.91. The Morgan fingerprint density at radius 3 is 2.79 bits per heavy atom. The van der Waals surface area contributed by atoms with Crippen LogP contribution >= 0.6 is 0 Å². The molecule has 0 fully saturated rings. The van der Waals surface area contributed by atoms with E-state index in [-0.39, 0.29) is 17.5 Å². The van der Waals surface area contributed by atoms with Gasteiger partial charge in [-0.1, -0.05) is 13.8 Å². The summed E-state index contributed by atoms with van der Waals surface area (Å²) in [7, 11) is 1.47. The predicted molar refractivity (Wildman–Crippen MR) is 91.3 cm³/mol. The lowest BCUT2D eigenvalue weighted by Crippen LogP contribution is -2.02. The van der Waals surface area contributed by atoms with E-state index >= 15 is 0 Å². The molecule has 5 nitrogen and oxygen atoms in total. The van der Waals surface area contributed by atoms with Crippen LogP contribution in [0.5, 0.6) is 5.75 Å². The number of aromatic nitrogens is 4. The van der Waals surface area contributed by atoms with E-state index in [1.807, 2.05) is 6.07 Å². The van der Waals surface area contributed by atoms with Crippen LogP contribution in [0.4, 0.5) is 4.39 Å². The van der Waals surface area contributed by atoms with Crippen LogP contribution in [-0.4, -0.2) is 26.9 Å². The second kappa shape index (κ2) is 5.33. The molecule has 122 valence electrons. The first-order chi connectivity index (χ1) is 11.6. The van der Waals surface area contributed by atoms with Gasteiger partial charge in [-0.3, -0.25) is 5.10 Å². The SMILES string of the molecule is COc1cc(-n2c(C(C)C)cc3nc4[nH]ncc4cc32)ccc1F. The highest BCUT2D eigenvalue weighted by atomic mass is 19.1. The molecule has 0 aliphatic carbocycles. The highest BCUT2D eigenvalue weighted by Crippen LogP contribution is 2.31. The summed E-state index contributed by atoms with van der Waals surface area (Å²) in [5, 5.41) is 7.87. The van der Waals surface area contributed by atoms with Gasteiger partial charge in [-0.25, -0.2) is 9.37 Å².